The zero-order valence-electron chi connectivity index (χ0n) is 14.9. The first-order valence-corrected chi connectivity index (χ1v) is 9.88. The number of aryl methyl sites for hydroxylation is 1. The van der Waals surface area contributed by atoms with Crippen LogP contribution in [0.3, 0.4) is 0 Å². The van der Waals surface area contributed by atoms with Crippen LogP contribution < -0.4 is 10.1 Å². The fraction of sp³-hybridized carbons (Fsp3) is 0.227. The van der Waals surface area contributed by atoms with Crippen LogP contribution in [0.15, 0.2) is 66.7 Å². The number of carbonyl (C=O) groups excluding carboxylic acids is 1. The average Bonchev–Trinajstić information content (AvgIpc) is 2.67. The third-order valence-electron chi connectivity index (χ3n) is 4.07. The van der Waals surface area contributed by atoms with Crippen LogP contribution in [0.5, 0.6) is 5.75 Å². The van der Waals surface area contributed by atoms with Crippen molar-refractivity contribution in [2.45, 2.75) is 12.7 Å². The molecule has 0 radical (unpaired) electrons. The summed E-state index contributed by atoms with van der Waals surface area (Å²) in [4.78, 5) is 12.0. The van der Waals surface area contributed by atoms with Crippen molar-refractivity contribution in [3.8, 4) is 5.75 Å². The summed E-state index contributed by atoms with van der Waals surface area (Å²) in [6.45, 7) is 2.78. The molecule has 0 bridgehead atoms. The number of rotatable bonds is 8. The number of carbonyl (C=O) groups is 1. The van der Waals surface area contributed by atoms with Gasteiger partial charge in [-0.25, -0.2) is 0 Å². The Morgan fingerprint density at radius 1 is 1.00 bits per heavy atom. The van der Waals surface area contributed by atoms with Gasteiger partial charge in [-0.15, -0.1) is 0 Å². The predicted molar refractivity (Wildman–Crippen MR) is 110 cm³/mol. The Balaban J connectivity index is 1.37. The predicted octanol–water partition coefficient (Wildman–Crippen LogP) is 4.58. The second-order valence-electron chi connectivity index (χ2n) is 6.15. The molecule has 0 fully saturated rings. The van der Waals surface area contributed by atoms with Gasteiger partial charge in [0, 0.05) is 23.4 Å². The molecule has 0 aliphatic heterocycles. The van der Waals surface area contributed by atoms with Gasteiger partial charge in [-0.2, -0.15) is 11.8 Å². The van der Waals surface area contributed by atoms with Crippen LogP contribution >= 0.6 is 11.8 Å². The number of hydrogen-bond acceptors (Lipinski definition) is 3. The largest absolute Gasteiger partial charge is 0.483 e. The molecule has 4 heteroatoms. The lowest BCUT2D eigenvalue weighted by molar-refractivity contribution is -0.122. The van der Waals surface area contributed by atoms with Gasteiger partial charge >= 0.3 is 0 Å². The van der Waals surface area contributed by atoms with Crippen molar-refractivity contribution in [1.82, 2.24) is 5.32 Å². The van der Waals surface area contributed by atoms with Gasteiger partial charge in [-0.1, -0.05) is 66.2 Å². The Hall–Kier alpha value is -2.46. The highest BCUT2D eigenvalue weighted by Crippen LogP contribution is 2.24. The van der Waals surface area contributed by atoms with Crippen LogP contribution in [0.4, 0.5) is 0 Å². The Morgan fingerprint density at radius 2 is 1.77 bits per heavy atom. The second-order valence-corrected chi connectivity index (χ2v) is 7.26. The van der Waals surface area contributed by atoms with Crippen LogP contribution in [0.25, 0.3) is 10.8 Å². The molecule has 1 N–H and O–H groups in total. The van der Waals surface area contributed by atoms with E-state index in [0.717, 1.165) is 28.0 Å². The van der Waals surface area contributed by atoms with E-state index in [1.807, 2.05) is 54.2 Å². The summed E-state index contributed by atoms with van der Waals surface area (Å²) in [5.74, 6) is 2.50. The van der Waals surface area contributed by atoms with Crippen molar-refractivity contribution in [2.75, 3.05) is 18.9 Å². The monoisotopic (exact) mass is 365 g/mol. The maximum atomic E-state index is 12.0. The Morgan fingerprint density at radius 3 is 2.62 bits per heavy atom. The van der Waals surface area contributed by atoms with Gasteiger partial charge < -0.3 is 10.1 Å². The molecular weight excluding hydrogens is 342 g/mol. The molecule has 0 aliphatic carbocycles. The zero-order chi connectivity index (χ0) is 18.2. The maximum absolute atomic E-state index is 12.0. The summed E-state index contributed by atoms with van der Waals surface area (Å²) >= 11 is 1.81. The summed E-state index contributed by atoms with van der Waals surface area (Å²) in [5, 5.41) is 5.05. The summed E-state index contributed by atoms with van der Waals surface area (Å²) in [6, 6.07) is 22.4. The van der Waals surface area contributed by atoms with E-state index >= 15 is 0 Å². The molecule has 0 saturated heterocycles. The third-order valence-corrected chi connectivity index (χ3v) is 5.10. The van der Waals surface area contributed by atoms with Crippen LogP contribution in [-0.2, 0) is 10.5 Å². The van der Waals surface area contributed by atoms with E-state index in [4.69, 9.17) is 4.74 Å². The van der Waals surface area contributed by atoms with Crippen LogP contribution in [0, 0.1) is 6.92 Å². The Kier molecular flexibility index (Phi) is 6.56. The zero-order valence-corrected chi connectivity index (χ0v) is 15.7. The number of amides is 1. The molecule has 134 valence electrons. The molecule has 0 aromatic heterocycles. The van der Waals surface area contributed by atoms with Gasteiger partial charge in [0.15, 0.2) is 6.61 Å². The first-order valence-electron chi connectivity index (χ1n) is 8.73. The number of hydrogen-bond donors (Lipinski definition) is 1. The lowest BCUT2D eigenvalue weighted by atomic mass is 10.1. The summed E-state index contributed by atoms with van der Waals surface area (Å²) < 4.78 is 5.70. The van der Waals surface area contributed by atoms with E-state index in [1.54, 1.807) is 0 Å². The number of ether oxygens (including phenoxy) is 1. The van der Waals surface area contributed by atoms with Crippen LogP contribution in [0.1, 0.15) is 11.1 Å². The number of thioether (sulfide) groups is 1. The van der Waals surface area contributed by atoms with E-state index < -0.39 is 0 Å². The van der Waals surface area contributed by atoms with Gasteiger partial charge in [-0.05, 0) is 23.9 Å². The SMILES string of the molecule is Cc1ccc(CSCCNC(=O)COc2cccc3ccccc23)cc1. The fourth-order valence-electron chi connectivity index (χ4n) is 2.65. The topological polar surface area (TPSA) is 38.3 Å². The molecule has 3 aromatic rings. The molecule has 3 aromatic carbocycles. The van der Waals surface area contributed by atoms with Gasteiger partial charge in [0.05, 0.1) is 0 Å². The molecule has 0 unspecified atom stereocenters. The second kappa shape index (κ2) is 9.30. The molecule has 0 spiro atoms. The maximum Gasteiger partial charge on any atom is 0.257 e. The highest BCUT2D eigenvalue weighted by Gasteiger charge is 2.05. The minimum Gasteiger partial charge on any atom is -0.483 e. The molecule has 26 heavy (non-hydrogen) atoms. The van der Waals surface area contributed by atoms with Crippen molar-refractivity contribution in [3.63, 3.8) is 0 Å². The van der Waals surface area contributed by atoms with Gasteiger partial charge in [0.25, 0.3) is 5.91 Å². The van der Waals surface area contributed by atoms with E-state index in [1.165, 1.54) is 11.1 Å². The first-order chi connectivity index (χ1) is 12.7. The molecule has 0 heterocycles. The van der Waals surface area contributed by atoms with Crippen molar-refractivity contribution in [1.29, 1.82) is 0 Å². The van der Waals surface area contributed by atoms with E-state index in [0.29, 0.717) is 6.54 Å². The highest BCUT2D eigenvalue weighted by atomic mass is 32.2. The lowest BCUT2D eigenvalue weighted by Gasteiger charge is -2.10. The van der Waals surface area contributed by atoms with Crippen LogP contribution in [0.2, 0.25) is 0 Å². The number of fused-ring (bicyclic) bond motifs is 1. The normalized spacial score (nSPS) is 10.7. The van der Waals surface area contributed by atoms with E-state index in [2.05, 4.69) is 36.5 Å². The Labute approximate surface area is 158 Å². The smallest absolute Gasteiger partial charge is 0.257 e. The quantitative estimate of drug-likeness (QED) is 0.594. The highest BCUT2D eigenvalue weighted by molar-refractivity contribution is 7.98. The standard InChI is InChI=1S/C22H23NO2S/c1-17-9-11-18(12-10-17)16-26-14-13-23-22(24)15-25-21-8-4-6-19-5-2-3-7-20(19)21/h2-12H,13-16H2,1H3,(H,23,24). The minimum atomic E-state index is -0.0890. The molecule has 3 rings (SSSR count). The fourth-order valence-corrected chi connectivity index (χ4v) is 3.47. The third kappa shape index (κ3) is 5.27. The van der Waals surface area contributed by atoms with Gasteiger partial charge in [0.1, 0.15) is 5.75 Å². The average molecular weight is 365 g/mol. The summed E-state index contributed by atoms with van der Waals surface area (Å²) in [5.41, 5.74) is 2.59. The molecule has 1 amide bonds. The van der Waals surface area contributed by atoms with Crippen molar-refractivity contribution >= 4 is 28.4 Å². The van der Waals surface area contributed by atoms with E-state index in [9.17, 15) is 4.79 Å². The van der Waals surface area contributed by atoms with Crippen LogP contribution in [-0.4, -0.2) is 24.8 Å². The minimum absolute atomic E-state index is 0.0383. The lowest BCUT2D eigenvalue weighted by Crippen LogP contribution is -2.30. The van der Waals surface area contributed by atoms with E-state index in [-0.39, 0.29) is 12.5 Å². The number of nitrogens with one attached hydrogen (secondary N) is 1. The first kappa shape index (κ1) is 18.3. The molecule has 3 nitrogen and oxygen atoms in total. The molecule has 0 atom stereocenters. The van der Waals surface area contributed by atoms with Gasteiger partial charge in [0.2, 0.25) is 0 Å². The summed E-state index contributed by atoms with van der Waals surface area (Å²) in [7, 11) is 0. The molecule has 0 saturated carbocycles. The number of benzene rings is 3. The van der Waals surface area contributed by atoms with Crippen molar-refractivity contribution < 1.29 is 9.53 Å². The van der Waals surface area contributed by atoms with Gasteiger partial charge in [-0.3, -0.25) is 4.79 Å². The van der Waals surface area contributed by atoms with Crippen molar-refractivity contribution in [3.05, 3.63) is 77.9 Å². The van der Waals surface area contributed by atoms with Crippen molar-refractivity contribution in [2.24, 2.45) is 0 Å². The molecular formula is C22H23NO2S. The Bertz CT molecular complexity index is 856. The molecule has 0 aliphatic rings. The summed E-state index contributed by atoms with van der Waals surface area (Å²) in [6.07, 6.45) is 0.